The van der Waals surface area contributed by atoms with E-state index in [-0.39, 0.29) is 10.8 Å². The maximum Gasteiger partial charge on any atom is 0.329 e. The first-order valence-electron chi connectivity index (χ1n) is 6.39. The Hall–Kier alpha value is -1.99. The van der Waals surface area contributed by atoms with Crippen LogP contribution in [0.3, 0.4) is 0 Å². The van der Waals surface area contributed by atoms with Gasteiger partial charge in [-0.05, 0) is 18.6 Å². The van der Waals surface area contributed by atoms with Crippen LogP contribution < -0.4 is 0 Å². The van der Waals surface area contributed by atoms with E-state index in [9.17, 15) is 10.1 Å². The van der Waals surface area contributed by atoms with Crippen LogP contribution in [0.15, 0.2) is 24.3 Å². The second-order valence-corrected chi connectivity index (χ2v) is 5.84. The molecule has 108 valence electrons. The second kappa shape index (κ2) is 5.42. The number of nitrogens with zero attached hydrogens (tertiary/aromatic N) is 4. The lowest BCUT2D eigenvalue weighted by molar-refractivity contribution is -0.385. The summed E-state index contributed by atoms with van der Waals surface area (Å²) in [6.45, 7) is 1.94. The van der Waals surface area contributed by atoms with Gasteiger partial charge in [-0.3, -0.25) is 10.1 Å². The van der Waals surface area contributed by atoms with Gasteiger partial charge in [0.25, 0.3) is 0 Å². The van der Waals surface area contributed by atoms with Crippen LogP contribution in [0.25, 0.3) is 15.3 Å². The van der Waals surface area contributed by atoms with Gasteiger partial charge >= 0.3 is 5.69 Å². The molecule has 8 heteroatoms. The number of rotatable bonds is 4. The maximum atomic E-state index is 11.2. The maximum absolute atomic E-state index is 11.2. The van der Waals surface area contributed by atoms with Crippen molar-refractivity contribution in [1.29, 1.82) is 0 Å². The largest absolute Gasteiger partial charge is 0.329 e. The molecule has 2 heterocycles. The molecule has 3 aromatic rings. The van der Waals surface area contributed by atoms with Crippen molar-refractivity contribution in [3.05, 3.63) is 45.2 Å². The summed E-state index contributed by atoms with van der Waals surface area (Å²) < 4.78 is 2.34. The van der Waals surface area contributed by atoms with Gasteiger partial charge in [0.05, 0.1) is 15.1 Å². The average molecular weight is 323 g/mol. The van der Waals surface area contributed by atoms with Crippen LogP contribution in [0.4, 0.5) is 5.69 Å². The summed E-state index contributed by atoms with van der Waals surface area (Å²) in [5, 5.41) is 16.0. The molecule has 21 heavy (non-hydrogen) atoms. The average Bonchev–Trinajstić information content (AvgIpc) is 3.00. The fourth-order valence-corrected chi connectivity index (χ4v) is 3.36. The molecule has 6 nitrogen and oxygen atoms in total. The molecule has 0 aliphatic rings. The predicted octanol–water partition coefficient (Wildman–Crippen LogP) is 4.00. The quantitative estimate of drug-likeness (QED) is 0.537. The van der Waals surface area contributed by atoms with Gasteiger partial charge < -0.3 is 0 Å². The van der Waals surface area contributed by atoms with E-state index in [1.807, 2.05) is 31.2 Å². The standard InChI is InChI=1S/C13H11ClN4O2S/c1-2-5-9-11(18(19)20)12(14)17(16-9)13-15-8-6-3-4-7-10(8)21-13/h3-4,6-7H,2,5H2,1H3. The van der Waals surface area contributed by atoms with E-state index in [2.05, 4.69) is 10.1 Å². The predicted molar refractivity (Wildman–Crippen MR) is 82.4 cm³/mol. The summed E-state index contributed by atoms with van der Waals surface area (Å²) in [7, 11) is 0. The van der Waals surface area contributed by atoms with Gasteiger partial charge in [-0.15, -0.1) is 0 Å². The van der Waals surface area contributed by atoms with E-state index in [0.29, 0.717) is 17.2 Å². The van der Waals surface area contributed by atoms with Gasteiger partial charge in [-0.2, -0.15) is 9.78 Å². The van der Waals surface area contributed by atoms with E-state index >= 15 is 0 Å². The zero-order valence-electron chi connectivity index (χ0n) is 11.1. The molecule has 0 bridgehead atoms. The van der Waals surface area contributed by atoms with Crippen molar-refractivity contribution >= 4 is 38.8 Å². The summed E-state index contributed by atoms with van der Waals surface area (Å²) in [5.41, 5.74) is 1.09. The first kappa shape index (κ1) is 14.0. The lowest BCUT2D eigenvalue weighted by Gasteiger charge is -1.94. The number of fused-ring (bicyclic) bond motifs is 1. The van der Waals surface area contributed by atoms with Crippen molar-refractivity contribution in [3.63, 3.8) is 0 Å². The normalized spacial score (nSPS) is 11.1. The Morgan fingerprint density at radius 1 is 1.43 bits per heavy atom. The Morgan fingerprint density at radius 3 is 2.86 bits per heavy atom. The third-order valence-corrected chi connectivity index (χ3v) is 4.36. The van der Waals surface area contributed by atoms with Crippen LogP contribution >= 0.6 is 22.9 Å². The minimum atomic E-state index is -0.482. The van der Waals surface area contributed by atoms with Gasteiger partial charge in [0.15, 0.2) is 0 Å². The molecule has 0 radical (unpaired) electrons. The van der Waals surface area contributed by atoms with Crippen molar-refractivity contribution in [3.8, 4) is 5.13 Å². The number of nitro groups is 1. The molecule has 0 unspecified atom stereocenters. The molecule has 3 rings (SSSR count). The molecular formula is C13H11ClN4O2S. The first-order chi connectivity index (χ1) is 10.1. The monoisotopic (exact) mass is 322 g/mol. The van der Waals surface area contributed by atoms with Gasteiger partial charge in [0.1, 0.15) is 5.69 Å². The molecule has 0 aliphatic carbocycles. The van der Waals surface area contributed by atoms with Crippen LogP contribution in [0.5, 0.6) is 0 Å². The number of aryl methyl sites for hydroxylation is 1. The van der Waals surface area contributed by atoms with Crippen LogP contribution in [0.1, 0.15) is 19.0 Å². The molecule has 1 aromatic carbocycles. The third-order valence-electron chi connectivity index (χ3n) is 3.01. The fourth-order valence-electron chi connectivity index (χ4n) is 2.09. The van der Waals surface area contributed by atoms with Crippen LogP contribution in [-0.2, 0) is 6.42 Å². The Morgan fingerprint density at radius 2 is 2.19 bits per heavy atom. The van der Waals surface area contributed by atoms with Crippen molar-refractivity contribution in [2.24, 2.45) is 0 Å². The van der Waals surface area contributed by atoms with E-state index in [1.54, 1.807) is 0 Å². The van der Waals surface area contributed by atoms with Crippen molar-refractivity contribution < 1.29 is 4.92 Å². The molecule has 0 atom stereocenters. The third kappa shape index (κ3) is 2.38. The molecule has 0 N–H and O–H groups in total. The fraction of sp³-hybridized carbons (Fsp3) is 0.231. The topological polar surface area (TPSA) is 73.8 Å². The second-order valence-electron chi connectivity index (χ2n) is 4.47. The molecule has 0 amide bonds. The SMILES string of the molecule is CCCc1nn(-c2nc3ccccc3s2)c(Cl)c1[N+](=O)[O-]. The van der Waals surface area contributed by atoms with Gasteiger partial charge in [-0.25, -0.2) is 4.98 Å². The highest BCUT2D eigenvalue weighted by Crippen LogP contribution is 2.34. The molecule has 0 saturated carbocycles. The summed E-state index contributed by atoms with van der Waals surface area (Å²) in [6.07, 6.45) is 1.27. The first-order valence-corrected chi connectivity index (χ1v) is 7.59. The summed E-state index contributed by atoms with van der Waals surface area (Å²) in [5.74, 6) is 0. The number of hydrogen-bond donors (Lipinski definition) is 0. The Bertz CT molecular complexity index is 794. The number of hydrogen-bond acceptors (Lipinski definition) is 5. The van der Waals surface area contributed by atoms with E-state index in [1.165, 1.54) is 16.0 Å². The lowest BCUT2D eigenvalue weighted by Crippen LogP contribution is -1.96. The molecule has 0 saturated heterocycles. The number of halogens is 1. The lowest BCUT2D eigenvalue weighted by atomic mass is 10.2. The smallest absolute Gasteiger partial charge is 0.258 e. The minimum Gasteiger partial charge on any atom is -0.258 e. The number of thiazole rings is 1. The Kier molecular flexibility index (Phi) is 3.60. The van der Waals surface area contributed by atoms with Crippen LogP contribution in [0, 0.1) is 10.1 Å². The highest BCUT2D eigenvalue weighted by atomic mass is 35.5. The zero-order valence-corrected chi connectivity index (χ0v) is 12.7. The van der Waals surface area contributed by atoms with Crippen molar-refractivity contribution in [1.82, 2.24) is 14.8 Å². The van der Waals surface area contributed by atoms with Crippen LogP contribution in [0.2, 0.25) is 5.15 Å². The Labute approximate surface area is 129 Å². The highest BCUT2D eigenvalue weighted by Gasteiger charge is 2.27. The minimum absolute atomic E-state index is 0.00232. The summed E-state index contributed by atoms with van der Waals surface area (Å²) in [4.78, 5) is 15.1. The molecule has 0 fully saturated rings. The van der Waals surface area contributed by atoms with E-state index < -0.39 is 4.92 Å². The molecule has 0 spiro atoms. The number of aromatic nitrogens is 3. The summed E-state index contributed by atoms with van der Waals surface area (Å²) in [6, 6.07) is 7.63. The van der Waals surface area contributed by atoms with Gasteiger partial charge in [0, 0.05) is 0 Å². The molecule has 0 aliphatic heterocycles. The van der Waals surface area contributed by atoms with Gasteiger partial charge in [-0.1, -0.05) is 48.4 Å². The molecular weight excluding hydrogens is 312 g/mol. The van der Waals surface area contributed by atoms with Crippen molar-refractivity contribution in [2.75, 3.05) is 0 Å². The zero-order chi connectivity index (χ0) is 15.0. The Balaban J connectivity index is 2.17. The van der Waals surface area contributed by atoms with Crippen LogP contribution in [-0.4, -0.2) is 19.7 Å². The van der Waals surface area contributed by atoms with Crippen molar-refractivity contribution in [2.45, 2.75) is 19.8 Å². The highest BCUT2D eigenvalue weighted by molar-refractivity contribution is 7.20. The van der Waals surface area contributed by atoms with E-state index in [4.69, 9.17) is 11.6 Å². The summed E-state index contributed by atoms with van der Waals surface area (Å²) >= 11 is 7.55. The number of para-hydroxylation sites is 1. The molecule has 2 aromatic heterocycles. The van der Waals surface area contributed by atoms with Gasteiger partial charge in [0.2, 0.25) is 10.3 Å². The van der Waals surface area contributed by atoms with E-state index in [0.717, 1.165) is 16.6 Å². The number of benzene rings is 1.